The standard InChI is InChI=1S/C11H13Cl2NO3/c1-16-4-5-17-14-11(15)6-8-2-3-9(12)7-10(8)13/h2-3,7H,4-6H2,1H3,(H,14,15). The number of methoxy groups -OCH3 is 1. The van der Waals surface area contributed by atoms with Crippen LogP contribution in [0.15, 0.2) is 18.2 Å². The number of amides is 1. The summed E-state index contributed by atoms with van der Waals surface area (Å²) < 4.78 is 4.76. The quantitative estimate of drug-likeness (QED) is 0.641. The first-order valence-corrected chi connectivity index (χ1v) is 5.72. The number of rotatable bonds is 6. The highest BCUT2D eigenvalue weighted by molar-refractivity contribution is 6.35. The molecule has 0 saturated carbocycles. The van der Waals surface area contributed by atoms with E-state index in [9.17, 15) is 4.79 Å². The lowest BCUT2D eigenvalue weighted by molar-refractivity contribution is -0.133. The van der Waals surface area contributed by atoms with Crippen molar-refractivity contribution >= 4 is 29.1 Å². The van der Waals surface area contributed by atoms with E-state index in [0.717, 1.165) is 0 Å². The largest absolute Gasteiger partial charge is 0.382 e. The van der Waals surface area contributed by atoms with E-state index in [4.69, 9.17) is 32.8 Å². The molecule has 0 atom stereocenters. The van der Waals surface area contributed by atoms with Crippen molar-refractivity contribution in [1.82, 2.24) is 5.48 Å². The number of hydrogen-bond acceptors (Lipinski definition) is 3. The summed E-state index contributed by atoms with van der Waals surface area (Å²) in [4.78, 5) is 16.3. The molecular formula is C11H13Cl2NO3. The Labute approximate surface area is 110 Å². The van der Waals surface area contributed by atoms with Gasteiger partial charge in [-0.05, 0) is 17.7 Å². The third-order valence-corrected chi connectivity index (χ3v) is 2.53. The minimum Gasteiger partial charge on any atom is -0.382 e. The Hall–Kier alpha value is -0.810. The SMILES string of the molecule is COCCONC(=O)Cc1ccc(Cl)cc1Cl. The normalized spacial score (nSPS) is 10.3. The van der Waals surface area contributed by atoms with Crippen LogP contribution in [0.25, 0.3) is 0 Å². The van der Waals surface area contributed by atoms with E-state index >= 15 is 0 Å². The van der Waals surface area contributed by atoms with Crippen molar-refractivity contribution in [3.63, 3.8) is 0 Å². The van der Waals surface area contributed by atoms with Crippen molar-refractivity contribution in [3.8, 4) is 0 Å². The Balaban J connectivity index is 2.40. The number of carbonyl (C=O) groups excluding carboxylic acids is 1. The lowest BCUT2D eigenvalue weighted by atomic mass is 10.1. The first kappa shape index (κ1) is 14.3. The lowest BCUT2D eigenvalue weighted by Crippen LogP contribution is -2.27. The molecule has 1 aromatic rings. The zero-order chi connectivity index (χ0) is 12.7. The molecule has 6 heteroatoms. The monoisotopic (exact) mass is 277 g/mol. The third-order valence-electron chi connectivity index (χ3n) is 1.94. The summed E-state index contributed by atoms with van der Waals surface area (Å²) in [6.45, 7) is 0.721. The molecule has 0 aliphatic carbocycles. The fraction of sp³-hybridized carbons (Fsp3) is 0.364. The van der Waals surface area contributed by atoms with Gasteiger partial charge in [-0.3, -0.25) is 9.63 Å². The van der Waals surface area contributed by atoms with Gasteiger partial charge in [0, 0.05) is 17.2 Å². The van der Waals surface area contributed by atoms with E-state index < -0.39 is 0 Å². The van der Waals surface area contributed by atoms with Gasteiger partial charge in [0.05, 0.1) is 19.6 Å². The van der Waals surface area contributed by atoms with Crippen molar-refractivity contribution in [3.05, 3.63) is 33.8 Å². The van der Waals surface area contributed by atoms with Gasteiger partial charge in [-0.1, -0.05) is 29.3 Å². The van der Waals surface area contributed by atoms with Crippen LogP contribution in [0, 0.1) is 0 Å². The second kappa shape index (κ2) is 7.50. The smallest absolute Gasteiger partial charge is 0.248 e. The van der Waals surface area contributed by atoms with Crippen molar-refractivity contribution in [2.75, 3.05) is 20.3 Å². The van der Waals surface area contributed by atoms with Crippen LogP contribution in [0.2, 0.25) is 10.0 Å². The minimum absolute atomic E-state index is 0.142. The summed E-state index contributed by atoms with van der Waals surface area (Å²) >= 11 is 11.7. The molecule has 0 aromatic heterocycles. The summed E-state index contributed by atoms with van der Waals surface area (Å²) in [7, 11) is 1.55. The molecule has 0 fully saturated rings. The molecule has 0 aliphatic rings. The third kappa shape index (κ3) is 5.37. The summed E-state index contributed by atoms with van der Waals surface area (Å²) in [6, 6.07) is 4.98. The summed E-state index contributed by atoms with van der Waals surface area (Å²) in [5.41, 5.74) is 3.00. The maximum atomic E-state index is 11.4. The first-order valence-electron chi connectivity index (χ1n) is 4.97. The Morgan fingerprint density at radius 2 is 2.12 bits per heavy atom. The van der Waals surface area contributed by atoms with Crippen molar-refractivity contribution in [2.45, 2.75) is 6.42 Å². The zero-order valence-electron chi connectivity index (χ0n) is 9.33. The second-order valence-electron chi connectivity index (χ2n) is 3.28. The van der Waals surface area contributed by atoms with Crippen molar-refractivity contribution in [2.24, 2.45) is 0 Å². The predicted octanol–water partition coefficient (Wildman–Crippen LogP) is 2.23. The van der Waals surface area contributed by atoms with Crippen LogP contribution in [-0.2, 0) is 20.8 Å². The Morgan fingerprint density at radius 3 is 2.76 bits per heavy atom. The molecule has 0 saturated heterocycles. The van der Waals surface area contributed by atoms with Gasteiger partial charge in [0.2, 0.25) is 5.91 Å². The highest BCUT2D eigenvalue weighted by atomic mass is 35.5. The van der Waals surface area contributed by atoms with E-state index in [0.29, 0.717) is 28.8 Å². The predicted molar refractivity (Wildman–Crippen MR) is 66.1 cm³/mol. The summed E-state index contributed by atoms with van der Waals surface area (Å²) in [6.07, 6.45) is 0.142. The number of ether oxygens (including phenoxy) is 1. The van der Waals surface area contributed by atoms with Crippen LogP contribution >= 0.6 is 23.2 Å². The first-order chi connectivity index (χ1) is 8.13. The van der Waals surface area contributed by atoms with Crippen LogP contribution in [0.3, 0.4) is 0 Å². The Kier molecular flexibility index (Phi) is 6.29. The summed E-state index contributed by atoms with van der Waals surface area (Å²) in [5, 5.41) is 1.00. The zero-order valence-corrected chi connectivity index (χ0v) is 10.8. The van der Waals surface area contributed by atoms with Crippen LogP contribution in [-0.4, -0.2) is 26.2 Å². The highest BCUT2D eigenvalue weighted by Crippen LogP contribution is 2.21. The number of hydroxylamine groups is 1. The number of benzene rings is 1. The molecule has 0 spiro atoms. The topological polar surface area (TPSA) is 47.6 Å². The van der Waals surface area contributed by atoms with Gasteiger partial charge < -0.3 is 4.74 Å². The van der Waals surface area contributed by atoms with Crippen molar-refractivity contribution < 1.29 is 14.4 Å². The van der Waals surface area contributed by atoms with Crippen LogP contribution in [0.5, 0.6) is 0 Å². The molecule has 0 bridgehead atoms. The van der Waals surface area contributed by atoms with Gasteiger partial charge in [0.25, 0.3) is 0 Å². The van der Waals surface area contributed by atoms with Crippen LogP contribution in [0.4, 0.5) is 0 Å². The van der Waals surface area contributed by atoms with Crippen LogP contribution < -0.4 is 5.48 Å². The summed E-state index contributed by atoms with van der Waals surface area (Å²) in [5.74, 6) is -0.273. The fourth-order valence-electron chi connectivity index (χ4n) is 1.13. The molecule has 0 aliphatic heterocycles. The average molecular weight is 278 g/mol. The molecule has 94 valence electrons. The Bertz CT molecular complexity index is 385. The van der Waals surface area contributed by atoms with Gasteiger partial charge in [-0.2, -0.15) is 0 Å². The molecular weight excluding hydrogens is 265 g/mol. The van der Waals surface area contributed by atoms with E-state index in [1.165, 1.54) is 0 Å². The Morgan fingerprint density at radius 1 is 1.35 bits per heavy atom. The van der Waals surface area contributed by atoms with E-state index in [-0.39, 0.29) is 12.3 Å². The molecule has 1 rings (SSSR count). The molecule has 0 radical (unpaired) electrons. The molecule has 0 heterocycles. The van der Waals surface area contributed by atoms with Gasteiger partial charge >= 0.3 is 0 Å². The molecule has 1 aromatic carbocycles. The number of nitrogens with one attached hydrogen (secondary N) is 1. The van der Waals surface area contributed by atoms with Crippen molar-refractivity contribution in [1.29, 1.82) is 0 Å². The minimum atomic E-state index is -0.273. The molecule has 17 heavy (non-hydrogen) atoms. The lowest BCUT2D eigenvalue weighted by Gasteiger charge is -2.06. The maximum Gasteiger partial charge on any atom is 0.248 e. The van der Waals surface area contributed by atoms with Crippen LogP contribution in [0.1, 0.15) is 5.56 Å². The molecule has 0 unspecified atom stereocenters. The highest BCUT2D eigenvalue weighted by Gasteiger charge is 2.07. The number of hydrogen-bond donors (Lipinski definition) is 1. The molecule has 1 amide bonds. The number of halogens is 2. The van der Waals surface area contributed by atoms with Gasteiger partial charge in [-0.15, -0.1) is 0 Å². The average Bonchev–Trinajstić information content (AvgIpc) is 2.28. The van der Waals surface area contributed by atoms with Gasteiger partial charge in [0.15, 0.2) is 0 Å². The van der Waals surface area contributed by atoms with E-state index in [2.05, 4.69) is 5.48 Å². The second-order valence-corrected chi connectivity index (χ2v) is 4.12. The van der Waals surface area contributed by atoms with E-state index in [1.54, 1.807) is 25.3 Å². The fourth-order valence-corrected chi connectivity index (χ4v) is 1.61. The molecule has 1 N–H and O–H groups in total. The molecule has 4 nitrogen and oxygen atoms in total. The van der Waals surface area contributed by atoms with Gasteiger partial charge in [-0.25, -0.2) is 5.48 Å². The maximum absolute atomic E-state index is 11.4. The van der Waals surface area contributed by atoms with E-state index in [1.807, 2.05) is 0 Å². The number of carbonyl (C=O) groups is 1. The van der Waals surface area contributed by atoms with Gasteiger partial charge in [0.1, 0.15) is 0 Å².